The van der Waals surface area contributed by atoms with Crippen molar-refractivity contribution in [2.24, 2.45) is 5.92 Å². The van der Waals surface area contributed by atoms with Crippen LogP contribution in [0, 0.1) is 12.8 Å². The number of likely N-dealkylation sites (tertiary alicyclic amines) is 1. The summed E-state index contributed by atoms with van der Waals surface area (Å²) in [7, 11) is -2.14. The fourth-order valence-corrected chi connectivity index (χ4v) is 4.79. The van der Waals surface area contributed by atoms with Gasteiger partial charge in [0.1, 0.15) is 12.4 Å². The molecule has 1 N–H and O–H groups in total. The van der Waals surface area contributed by atoms with Gasteiger partial charge in [-0.2, -0.15) is 0 Å². The van der Waals surface area contributed by atoms with Crippen LogP contribution in [0.25, 0.3) is 0 Å². The highest BCUT2D eigenvalue weighted by molar-refractivity contribution is 7.89. The second kappa shape index (κ2) is 10.7. The lowest BCUT2D eigenvalue weighted by Crippen LogP contribution is -2.42. The second-order valence-electron chi connectivity index (χ2n) is 7.84. The molecule has 2 aromatic carbocycles. The largest absolute Gasteiger partial charge is 0.492 e. The highest BCUT2D eigenvalue weighted by Crippen LogP contribution is 2.18. The van der Waals surface area contributed by atoms with Gasteiger partial charge in [-0.15, -0.1) is 0 Å². The summed E-state index contributed by atoms with van der Waals surface area (Å²) < 4.78 is 38.3. The van der Waals surface area contributed by atoms with Crippen molar-refractivity contribution in [3.05, 3.63) is 59.7 Å². The summed E-state index contributed by atoms with van der Waals surface area (Å²) in [6.07, 6.45) is 2.02. The first-order chi connectivity index (χ1) is 14.9. The normalized spacial score (nSPS) is 17.3. The van der Waals surface area contributed by atoms with Crippen molar-refractivity contribution in [2.75, 3.05) is 39.9 Å². The van der Waals surface area contributed by atoms with E-state index in [2.05, 4.69) is 9.62 Å². The average Bonchev–Trinajstić information content (AvgIpc) is 2.78. The smallest absolute Gasteiger partial charge is 0.337 e. The quantitative estimate of drug-likeness (QED) is 0.597. The van der Waals surface area contributed by atoms with E-state index < -0.39 is 16.0 Å². The molecule has 0 bridgehead atoms. The monoisotopic (exact) mass is 446 g/mol. The molecule has 8 heteroatoms. The molecule has 1 aliphatic heterocycles. The van der Waals surface area contributed by atoms with E-state index in [4.69, 9.17) is 9.47 Å². The molecular formula is C23H30N2O5S. The van der Waals surface area contributed by atoms with Crippen LogP contribution in [0.5, 0.6) is 5.75 Å². The molecule has 0 aromatic heterocycles. The molecule has 1 heterocycles. The number of rotatable bonds is 9. The van der Waals surface area contributed by atoms with Crippen LogP contribution in [0.15, 0.2) is 53.4 Å². The van der Waals surface area contributed by atoms with Crippen molar-refractivity contribution in [3.63, 3.8) is 0 Å². The zero-order chi connectivity index (χ0) is 22.3. The Morgan fingerprint density at radius 1 is 1.19 bits per heavy atom. The lowest BCUT2D eigenvalue weighted by molar-refractivity contribution is 0.0600. The Morgan fingerprint density at radius 3 is 2.71 bits per heavy atom. The van der Waals surface area contributed by atoms with E-state index in [1.165, 1.54) is 7.11 Å². The number of ether oxygens (including phenoxy) is 2. The third-order valence-corrected chi connectivity index (χ3v) is 6.87. The Labute approximate surface area is 184 Å². The van der Waals surface area contributed by atoms with Gasteiger partial charge < -0.3 is 9.47 Å². The number of carbonyl (C=O) groups excluding carboxylic acids is 1. The van der Waals surface area contributed by atoms with Gasteiger partial charge in [-0.25, -0.2) is 17.9 Å². The zero-order valence-corrected chi connectivity index (χ0v) is 18.9. The lowest BCUT2D eigenvalue weighted by atomic mass is 9.98. The van der Waals surface area contributed by atoms with E-state index in [1.54, 1.807) is 42.5 Å². The summed E-state index contributed by atoms with van der Waals surface area (Å²) >= 11 is 0. The van der Waals surface area contributed by atoms with Crippen LogP contribution in [0.3, 0.4) is 0 Å². The zero-order valence-electron chi connectivity index (χ0n) is 18.0. The number of sulfonamides is 1. The third-order valence-electron chi connectivity index (χ3n) is 5.43. The van der Waals surface area contributed by atoms with Gasteiger partial charge in [0, 0.05) is 19.6 Å². The molecule has 1 unspecified atom stereocenters. The molecule has 168 valence electrons. The van der Waals surface area contributed by atoms with Crippen molar-refractivity contribution in [1.82, 2.24) is 9.62 Å². The van der Waals surface area contributed by atoms with E-state index in [0.29, 0.717) is 29.4 Å². The minimum Gasteiger partial charge on any atom is -0.492 e. The molecule has 0 saturated carbocycles. The molecular weight excluding hydrogens is 416 g/mol. The first kappa shape index (κ1) is 23.2. The predicted molar refractivity (Wildman–Crippen MR) is 119 cm³/mol. The number of aryl methyl sites for hydroxylation is 1. The van der Waals surface area contributed by atoms with Crippen LogP contribution < -0.4 is 9.46 Å². The van der Waals surface area contributed by atoms with Crippen LogP contribution >= 0.6 is 0 Å². The number of benzene rings is 2. The Kier molecular flexibility index (Phi) is 8.06. The van der Waals surface area contributed by atoms with Crippen molar-refractivity contribution in [2.45, 2.75) is 24.7 Å². The molecule has 0 amide bonds. The first-order valence-corrected chi connectivity index (χ1v) is 12.0. The molecule has 1 fully saturated rings. The van der Waals surface area contributed by atoms with Crippen LogP contribution in [-0.2, 0) is 14.8 Å². The van der Waals surface area contributed by atoms with Gasteiger partial charge >= 0.3 is 5.97 Å². The lowest BCUT2D eigenvalue weighted by Gasteiger charge is -2.32. The minimum atomic E-state index is -3.49. The van der Waals surface area contributed by atoms with Crippen molar-refractivity contribution in [3.8, 4) is 5.75 Å². The second-order valence-corrected chi connectivity index (χ2v) is 9.61. The summed E-state index contributed by atoms with van der Waals surface area (Å²) in [6, 6.07) is 13.8. The summed E-state index contributed by atoms with van der Waals surface area (Å²) in [5, 5.41) is 0. The van der Waals surface area contributed by atoms with Gasteiger partial charge in [-0.05, 0) is 62.6 Å². The summed E-state index contributed by atoms with van der Waals surface area (Å²) in [6.45, 7) is 5.37. The molecule has 7 nitrogen and oxygen atoms in total. The van der Waals surface area contributed by atoms with Gasteiger partial charge in [0.25, 0.3) is 0 Å². The number of piperidine rings is 1. The molecule has 2 aromatic rings. The van der Waals surface area contributed by atoms with Crippen LogP contribution in [0.2, 0.25) is 0 Å². The maximum Gasteiger partial charge on any atom is 0.337 e. The number of nitrogens with zero attached hydrogens (tertiary/aromatic N) is 1. The minimum absolute atomic E-state index is 0.261. The molecule has 1 aliphatic rings. The van der Waals surface area contributed by atoms with E-state index in [1.807, 2.05) is 13.0 Å². The van der Waals surface area contributed by atoms with Crippen molar-refractivity contribution >= 4 is 16.0 Å². The predicted octanol–water partition coefficient (Wildman–Crippen LogP) is 2.85. The van der Waals surface area contributed by atoms with Gasteiger partial charge in [0.15, 0.2) is 0 Å². The Hall–Kier alpha value is -2.42. The molecule has 0 radical (unpaired) electrons. The number of carbonyl (C=O) groups is 1. The standard InChI is InChI=1S/C23H30N2O5S/c1-18-8-10-22(11-9-18)31(27,28)24-16-19-5-4-12-25(17-19)13-14-30-21-7-3-6-20(15-21)23(26)29-2/h3,6-11,15,19,24H,4-5,12-14,16-17H2,1-2H3. The topological polar surface area (TPSA) is 84.9 Å². The summed E-state index contributed by atoms with van der Waals surface area (Å²) in [4.78, 5) is 14.2. The van der Waals surface area contributed by atoms with Crippen LogP contribution in [-0.4, -0.2) is 59.2 Å². The number of hydrogen-bond donors (Lipinski definition) is 1. The van der Waals surface area contributed by atoms with Gasteiger partial charge in [-0.3, -0.25) is 4.90 Å². The first-order valence-electron chi connectivity index (χ1n) is 10.5. The fraction of sp³-hybridized carbons (Fsp3) is 0.435. The Balaban J connectivity index is 1.45. The number of methoxy groups -OCH3 is 1. The van der Waals surface area contributed by atoms with E-state index in [9.17, 15) is 13.2 Å². The fourth-order valence-electron chi connectivity index (χ4n) is 3.67. The third kappa shape index (κ3) is 6.78. The van der Waals surface area contributed by atoms with E-state index >= 15 is 0 Å². The van der Waals surface area contributed by atoms with E-state index in [-0.39, 0.29) is 5.92 Å². The molecule has 0 aliphatic carbocycles. The molecule has 3 rings (SSSR count). The molecule has 0 spiro atoms. The SMILES string of the molecule is COC(=O)c1cccc(OCCN2CCCC(CNS(=O)(=O)c3ccc(C)cc3)C2)c1. The van der Waals surface area contributed by atoms with Crippen LogP contribution in [0.1, 0.15) is 28.8 Å². The highest BCUT2D eigenvalue weighted by Gasteiger charge is 2.22. The van der Waals surface area contributed by atoms with Gasteiger partial charge in [0.05, 0.1) is 17.6 Å². The Bertz CT molecular complexity index is 976. The van der Waals surface area contributed by atoms with Crippen molar-refractivity contribution < 1.29 is 22.7 Å². The van der Waals surface area contributed by atoms with Crippen molar-refractivity contribution in [1.29, 1.82) is 0 Å². The highest BCUT2D eigenvalue weighted by atomic mass is 32.2. The number of hydrogen-bond acceptors (Lipinski definition) is 6. The molecule has 31 heavy (non-hydrogen) atoms. The maximum atomic E-state index is 12.5. The number of esters is 1. The summed E-state index contributed by atoms with van der Waals surface area (Å²) in [5.74, 6) is 0.497. The van der Waals surface area contributed by atoms with Gasteiger partial charge in [-0.1, -0.05) is 23.8 Å². The number of nitrogens with one attached hydrogen (secondary N) is 1. The van der Waals surface area contributed by atoms with Crippen LogP contribution in [0.4, 0.5) is 0 Å². The maximum absolute atomic E-state index is 12.5. The molecule has 1 saturated heterocycles. The van der Waals surface area contributed by atoms with Gasteiger partial charge in [0.2, 0.25) is 10.0 Å². The Morgan fingerprint density at radius 2 is 1.97 bits per heavy atom. The van der Waals surface area contributed by atoms with E-state index in [0.717, 1.165) is 38.0 Å². The molecule has 1 atom stereocenters. The summed E-state index contributed by atoms with van der Waals surface area (Å²) in [5.41, 5.74) is 1.49. The average molecular weight is 447 g/mol.